The average molecular weight is 334 g/mol. The third-order valence-corrected chi connectivity index (χ3v) is 3.13. The molecule has 0 aliphatic heterocycles. The number of ether oxygens (including phenoxy) is 1. The van der Waals surface area contributed by atoms with Crippen molar-refractivity contribution < 1.29 is 32.6 Å². The van der Waals surface area contributed by atoms with Gasteiger partial charge in [0.1, 0.15) is 6.61 Å². The van der Waals surface area contributed by atoms with Crippen molar-refractivity contribution in [2.24, 2.45) is 5.73 Å². The van der Waals surface area contributed by atoms with Gasteiger partial charge in [0.2, 0.25) is 5.54 Å². The Labute approximate surface area is 130 Å². The topological polar surface area (TPSA) is 102 Å². The van der Waals surface area contributed by atoms with Gasteiger partial charge in [-0.1, -0.05) is 30.3 Å². The molecule has 1 amide bonds. The second-order valence-corrected chi connectivity index (χ2v) is 4.79. The van der Waals surface area contributed by atoms with E-state index in [1.54, 1.807) is 30.3 Å². The predicted molar refractivity (Wildman–Crippen MR) is 74.5 cm³/mol. The number of aliphatic carboxylic acids is 1. The van der Waals surface area contributed by atoms with E-state index in [9.17, 15) is 22.8 Å². The molecular weight excluding hydrogens is 317 g/mol. The zero-order valence-corrected chi connectivity index (χ0v) is 12.1. The van der Waals surface area contributed by atoms with Crippen LogP contribution in [0.5, 0.6) is 0 Å². The number of rotatable bonds is 7. The maximum Gasteiger partial charge on any atom is 0.422 e. The molecule has 0 unspecified atom stereocenters. The summed E-state index contributed by atoms with van der Waals surface area (Å²) in [5.41, 5.74) is 2.26. The molecular formula is C14H17F3N2O4. The lowest BCUT2D eigenvalue weighted by atomic mass is 9.92. The summed E-state index contributed by atoms with van der Waals surface area (Å²) in [4.78, 5) is 22.8. The maximum absolute atomic E-state index is 13.2. The Balaban J connectivity index is 2.83. The Morgan fingerprint density at radius 1 is 1.22 bits per heavy atom. The summed E-state index contributed by atoms with van der Waals surface area (Å²) in [5.74, 6) is -2.21. The number of amides is 1. The van der Waals surface area contributed by atoms with Crippen molar-refractivity contribution in [1.82, 2.24) is 5.32 Å². The largest absolute Gasteiger partial charge is 0.479 e. The Kier molecular flexibility index (Phi) is 6.38. The Morgan fingerprint density at radius 2 is 1.83 bits per heavy atom. The fourth-order valence-corrected chi connectivity index (χ4v) is 1.86. The van der Waals surface area contributed by atoms with Gasteiger partial charge < -0.3 is 15.6 Å². The summed E-state index contributed by atoms with van der Waals surface area (Å²) in [7, 11) is 0. The number of halogens is 3. The first-order valence-electron chi connectivity index (χ1n) is 6.72. The molecule has 1 aromatic rings. The van der Waals surface area contributed by atoms with Crippen molar-refractivity contribution in [3.05, 3.63) is 35.9 Å². The maximum atomic E-state index is 13.2. The summed E-state index contributed by atoms with van der Waals surface area (Å²) in [6.07, 6.45) is -7.78. The number of alkyl halides is 3. The molecule has 1 aromatic carbocycles. The van der Waals surface area contributed by atoms with Gasteiger partial charge in [-0.25, -0.2) is 9.59 Å². The zero-order valence-electron chi connectivity index (χ0n) is 12.1. The molecule has 23 heavy (non-hydrogen) atoms. The third kappa shape index (κ3) is 4.85. The SMILES string of the molecule is NCCC[C@](NC(=O)OCc1ccccc1)(C(=O)O)C(F)(F)F. The molecule has 0 fully saturated rings. The smallest absolute Gasteiger partial charge is 0.422 e. The van der Waals surface area contributed by atoms with Crippen LogP contribution in [0.2, 0.25) is 0 Å². The van der Waals surface area contributed by atoms with Crippen LogP contribution < -0.4 is 11.1 Å². The third-order valence-electron chi connectivity index (χ3n) is 3.13. The summed E-state index contributed by atoms with van der Waals surface area (Å²) in [6.45, 7) is -0.428. The Morgan fingerprint density at radius 3 is 2.30 bits per heavy atom. The highest BCUT2D eigenvalue weighted by molar-refractivity contribution is 5.85. The standard InChI is InChI=1S/C14H17F3N2O4/c15-14(16,17)13(11(20)21,7-4-8-18)19-12(22)23-9-10-5-2-1-3-6-10/h1-3,5-6H,4,7-9,18H2,(H,19,22)(H,20,21)/t13-/m0/s1. The van der Waals surface area contributed by atoms with Gasteiger partial charge in [-0.15, -0.1) is 0 Å². The number of nitrogens with one attached hydrogen (secondary N) is 1. The van der Waals surface area contributed by atoms with E-state index in [4.69, 9.17) is 10.8 Å². The molecule has 0 bridgehead atoms. The van der Waals surface area contributed by atoms with Crippen molar-refractivity contribution in [2.45, 2.75) is 31.2 Å². The highest BCUT2D eigenvalue weighted by Gasteiger charge is 2.61. The first-order valence-corrected chi connectivity index (χ1v) is 6.72. The minimum absolute atomic E-state index is 0.147. The molecule has 0 saturated heterocycles. The Hall–Kier alpha value is -2.29. The first kappa shape index (κ1) is 18.8. The van der Waals surface area contributed by atoms with Gasteiger partial charge in [-0.05, 0) is 24.9 Å². The molecule has 128 valence electrons. The fraction of sp³-hybridized carbons (Fsp3) is 0.429. The summed E-state index contributed by atoms with van der Waals surface area (Å²) < 4.78 is 44.2. The lowest BCUT2D eigenvalue weighted by Crippen LogP contribution is -2.64. The monoisotopic (exact) mass is 334 g/mol. The van der Waals surface area contributed by atoms with E-state index in [-0.39, 0.29) is 19.6 Å². The fourth-order valence-electron chi connectivity index (χ4n) is 1.86. The van der Waals surface area contributed by atoms with Crippen molar-refractivity contribution >= 4 is 12.1 Å². The second-order valence-electron chi connectivity index (χ2n) is 4.79. The number of nitrogens with two attached hydrogens (primary N) is 1. The molecule has 4 N–H and O–H groups in total. The number of carbonyl (C=O) groups excluding carboxylic acids is 1. The van der Waals surface area contributed by atoms with E-state index < -0.39 is 30.2 Å². The number of hydrogen-bond donors (Lipinski definition) is 3. The highest BCUT2D eigenvalue weighted by Crippen LogP contribution is 2.34. The predicted octanol–water partition coefficient (Wildman–Crippen LogP) is 2.04. The van der Waals surface area contributed by atoms with E-state index in [0.717, 1.165) is 0 Å². The van der Waals surface area contributed by atoms with Crippen LogP contribution in [-0.4, -0.2) is 35.4 Å². The first-order chi connectivity index (χ1) is 10.7. The molecule has 9 heteroatoms. The van der Waals surface area contributed by atoms with Gasteiger partial charge in [-0.2, -0.15) is 13.2 Å². The zero-order chi connectivity index (χ0) is 17.5. The molecule has 0 spiro atoms. The van der Waals surface area contributed by atoms with E-state index in [1.165, 1.54) is 5.32 Å². The van der Waals surface area contributed by atoms with E-state index >= 15 is 0 Å². The lowest BCUT2D eigenvalue weighted by molar-refractivity contribution is -0.210. The highest BCUT2D eigenvalue weighted by atomic mass is 19.4. The van der Waals surface area contributed by atoms with Crippen LogP contribution in [-0.2, 0) is 16.1 Å². The van der Waals surface area contributed by atoms with Crippen LogP contribution in [0.1, 0.15) is 18.4 Å². The normalized spacial score (nSPS) is 13.9. The second kappa shape index (κ2) is 7.82. The van der Waals surface area contributed by atoms with Crippen LogP contribution in [0.3, 0.4) is 0 Å². The minimum atomic E-state index is -5.19. The number of carboxylic acids is 1. The van der Waals surface area contributed by atoms with Crippen molar-refractivity contribution in [2.75, 3.05) is 6.54 Å². The molecule has 0 heterocycles. The molecule has 0 saturated carbocycles. The van der Waals surface area contributed by atoms with Gasteiger partial charge >= 0.3 is 18.2 Å². The number of benzene rings is 1. The minimum Gasteiger partial charge on any atom is -0.479 e. The number of hydrogen-bond acceptors (Lipinski definition) is 4. The average Bonchev–Trinajstić information content (AvgIpc) is 2.49. The van der Waals surface area contributed by atoms with Gasteiger partial charge in [0, 0.05) is 0 Å². The summed E-state index contributed by atoms with van der Waals surface area (Å²) in [5, 5.41) is 10.4. The van der Waals surface area contributed by atoms with Gasteiger partial charge in [0.15, 0.2) is 0 Å². The quantitative estimate of drug-likeness (QED) is 0.708. The van der Waals surface area contributed by atoms with Crippen LogP contribution in [0.25, 0.3) is 0 Å². The van der Waals surface area contributed by atoms with Crippen LogP contribution in [0, 0.1) is 0 Å². The van der Waals surface area contributed by atoms with Crippen molar-refractivity contribution in [3.63, 3.8) is 0 Å². The summed E-state index contributed by atoms with van der Waals surface area (Å²) >= 11 is 0. The lowest BCUT2D eigenvalue weighted by Gasteiger charge is -2.32. The molecule has 0 radical (unpaired) electrons. The molecule has 0 aromatic heterocycles. The number of alkyl carbamates (subject to hydrolysis) is 1. The molecule has 1 atom stereocenters. The number of carboxylic acid groups (broad SMARTS) is 1. The van der Waals surface area contributed by atoms with Gasteiger partial charge in [0.25, 0.3) is 0 Å². The van der Waals surface area contributed by atoms with Gasteiger partial charge in [0.05, 0.1) is 0 Å². The number of carbonyl (C=O) groups is 2. The molecule has 1 rings (SSSR count). The Bertz CT molecular complexity index is 537. The van der Waals surface area contributed by atoms with Crippen LogP contribution >= 0.6 is 0 Å². The van der Waals surface area contributed by atoms with E-state index in [0.29, 0.717) is 5.56 Å². The molecule has 6 nitrogen and oxygen atoms in total. The van der Waals surface area contributed by atoms with Crippen molar-refractivity contribution in [1.29, 1.82) is 0 Å². The van der Waals surface area contributed by atoms with Gasteiger partial charge in [-0.3, -0.25) is 5.32 Å². The van der Waals surface area contributed by atoms with Crippen LogP contribution in [0.15, 0.2) is 30.3 Å². The van der Waals surface area contributed by atoms with Crippen LogP contribution in [0.4, 0.5) is 18.0 Å². The van der Waals surface area contributed by atoms with E-state index in [1.807, 2.05) is 0 Å². The summed E-state index contributed by atoms with van der Waals surface area (Å²) in [6, 6.07) is 8.26. The molecule has 0 aliphatic carbocycles. The van der Waals surface area contributed by atoms with Crippen molar-refractivity contribution in [3.8, 4) is 0 Å². The van der Waals surface area contributed by atoms with E-state index in [2.05, 4.69) is 4.74 Å². The molecule has 0 aliphatic rings.